The first-order valence-corrected chi connectivity index (χ1v) is 9.90. The number of hydrogen-bond donors (Lipinski definition) is 1. The van der Waals surface area contributed by atoms with Crippen molar-refractivity contribution in [3.05, 3.63) is 29.3 Å². The van der Waals surface area contributed by atoms with Crippen LogP contribution < -0.4 is 5.32 Å². The van der Waals surface area contributed by atoms with Crippen molar-refractivity contribution in [1.29, 1.82) is 0 Å². The topological polar surface area (TPSA) is 52.7 Å². The van der Waals surface area contributed by atoms with Gasteiger partial charge in [0.05, 0.1) is 11.3 Å². The Balaban J connectivity index is 1.74. The first-order valence-electron chi connectivity index (χ1n) is 9.90. The molecule has 1 saturated heterocycles. The Morgan fingerprint density at radius 1 is 1.12 bits per heavy atom. The van der Waals surface area contributed by atoms with Crippen molar-refractivity contribution in [3.63, 3.8) is 0 Å². The summed E-state index contributed by atoms with van der Waals surface area (Å²) >= 11 is 0. The predicted molar refractivity (Wildman–Crippen MR) is 105 cm³/mol. The van der Waals surface area contributed by atoms with E-state index in [-0.39, 0.29) is 18.0 Å². The quantitative estimate of drug-likeness (QED) is 0.878. The van der Waals surface area contributed by atoms with Crippen LogP contribution in [0, 0.1) is 12.8 Å². The van der Waals surface area contributed by atoms with Crippen LogP contribution in [-0.4, -0.2) is 47.9 Å². The van der Waals surface area contributed by atoms with Crippen molar-refractivity contribution in [2.45, 2.75) is 58.4 Å². The molecule has 1 aliphatic carbocycles. The lowest BCUT2D eigenvalue weighted by atomic mass is 9.87. The lowest BCUT2D eigenvalue weighted by Crippen LogP contribution is -2.42. The molecule has 26 heavy (non-hydrogen) atoms. The van der Waals surface area contributed by atoms with Crippen molar-refractivity contribution >= 4 is 17.6 Å². The molecule has 3 amide bonds. The van der Waals surface area contributed by atoms with Gasteiger partial charge in [0.15, 0.2) is 0 Å². The third kappa shape index (κ3) is 4.02. The highest BCUT2D eigenvalue weighted by atomic mass is 16.2. The zero-order valence-corrected chi connectivity index (χ0v) is 16.3. The van der Waals surface area contributed by atoms with E-state index < -0.39 is 0 Å². The smallest absolute Gasteiger partial charge is 0.321 e. The maximum atomic E-state index is 12.9. The summed E-state index contributed by atoms with van der Waals surface area (Å²) in [7, 11) is 1.87. The summed E-state index contributed by atoms with van der Waals surface area (Å²) in [5, 5.41) is 3.03. The first-order chi connectivity index (χ1) is 12.5. The number of hydrogen-bond acceptors (Lipinski definition) is 2. The van der Waals surface area contributed by atoms with Crippen LogP contribution in [0.3, 0.4) is 0 Å². The highest BCUT2D eigenvalue weighted by molar-refractivity contribution is 6.04. The monoisotopic (exact) mass is 357 g/mol. The molecule has 3 rings (SSSR count). The van der Waals surface area contributed by atoms with Crippen molar-refractivity contribution in [2.75, 3.05) is 25.5 Å². The average molecular weight is 357 g/mol. The average Bonchev–Trinajstić information content (AvgIpc) is 3.17. The van der Waals surface area contributed by atoms with Crippen LogP contribution in [-0.2, 0) is 0 Å². The van der Waals surface area contributed by atoms with Crippen LogP contribution in [0.1, 0.15) is 61.4 Å². The minimum atomic E-state index is -0.116. The van der Waals surface area contributed by atoms with Crippen molar-refractivity contribution < 1.29 is 9.59 Å². The second kappa shape index (κ2) is 8.11. The van der Waals surface area contributed by atoms with Gasteiger partial charge in [0, 0.05) is 26.2 Å². The molecule has 0 spiro atoms. The van der Waals surface area contributed by atoms with Crippen LogP contribution in [0.4, 0.5) is 10.5 Å². The van der Waals surface area contributed by atoms with Crippen LogP contribution in [0.15, 0.2) is 18.2 Å². The van der Waals surface area contributed by atoms with Gasteiger partial charge in [0.1, 0.15) is 0 Å². The normalized spacial score (nSPS) is 23.0. The molecule has 1 heterocycles. The fraction of sp³-hybridized carbons (Fsp3) is 0.619. The van der Waals surface area contributed by atoms with Gasteiger partial charge in [-0.2, -0.15) is 0 Å². The molecular weight excluding hydrogens is 326 g/mol. The number of rotatable bonds is 3. The Morgan fingerprint density at radius 3 is 2.42 bits per heavy atom. The zero-order chi connectivity index (χ0) is 18.7. The molecule has 1 N–H and O–H groups in total. The maximum Gasteiger partial charge on any atom is 0.321 e. The van der Waals surface area contributed by atoms with E-state index in [0.717, 1.165) is 50.3 Å². The van der Waals surface area contributed by atoms with E-state index in [4.69, 9.17) is 0 Å². The molecule has 142 valence electrons. The van der Waals surface area contributed by atoms with Gasteiger partial charge in [-0.3, -0.25) is 4.79 Å². The second-order valence-electron chi connectivity index (χ2n) is 7.95. The number of amides is 3. The van der Waals surface area contributed by atoms with E-state index in [1.807, 2.05) is 42.0 Å². The maximum absolute atomic E-state index is 12.9. The predicted octanol–water partition coefficient (Wildman–Crippen LogP) is 4.27. The van der Waals surface area contributed by atoms with Crippen LogP contribution >= 0.6 is 0 Å². The number of carbonyl (C=O) groups is 2. The molecule has 1 saturated carbocycles. The Morgan fingerprint density at radius 2 is 1.77 bits per heavy atom. The van der Waals surface area contributed by atoms with Crippen molar-refractivity contribution in [2.24, 2.45) is 5.92 Å². The van der Waals surface area contributed by atoms with E-state index in [1.54, 1.807) is 0 Å². The molecule has 5 heteroatoms. The number of para-hydroxylation sites is 1. The van der Waals surface area contributed by atoms with Gasteiger partial charge in [-0.15, -0.1) is 0 Å². The Hall–Kier alpha value is -2.04. The third-order valence-corrected chi connectivity index (χ3v) is 5.98. The number of likely N-dealkylation sites (tertiary alicyclic amines) is 1. The molecule has 0 aromatic heterocycles. The number of anilines is 1. The Kier molecular flexibility index (Phi) is 5.84. The van der Waals surface area contributed by atoms with E-state index in [0.29, 0.717) is 11.3 Å². The van der Waals surface area contributed by atoms with Gasteiger partial charge in [0.25, 0.3) is 5.91 Å². The number of carbonyl (C=O) groups excluding carboxylic acids is 2. The lowest BCUT2D eigenvalue weighted by molar-refractivity contribution is 0.0793. The summed E-state index contributed by atoms with van der Waals surface area (Å²) < 4.78 is 0. The lowest BCUT2D eigenvalue weighted by Gasteiger charge is -2.34. The summed E-state index contributed by atoms with van der Waals surface area (Å²) in [5.74, 6) is 0.777. The molecule has 1 aromatic carbocycles. The molecular formula is C21H31N3O2. The molecule has 0 atom stereocenters. The van der Waals surface area contributed by atoms with Crippen LogP contribution in [0.25, 0.3) is 0 Å². The molecule has 5 nitrogen and oxygen atoms in total. The molecule has 0 unspecified atom stereocenters. The minimum Gasteiger partial charge on any atom is -0.339 e. The van der Waals surface area contributed by atoms with Crippen molar-refractivity contribution in [3.8, 4) is 0 Å². The summed E-state index contributed by atoms with van der Waals surface area (Å²) in [6.07, 6.45) is 6.57. The molecule has 1 aromatic rings. The summed E-state index contributed by atoms with van der Waals surface area (Å²) in [5.41, 5.74) is 2.19. The van der Waals surface area contributed by atoms with E-state index in [9.17, 15) is 9.59 Å². The fourth-order valence-corrected chi connectivity index (χ4v) is 4.09. The number of aryl methyl sites for hydroxylation is 1. The van der Waals surface area contributed by atoms with Gasteiger partial charge >= 0.3 is 6.03 Å². The number of benzene rings is 1. The summed E-state index contributed by atoms with van der Waals surface area (Å²) in [6.45, 7) is 5.83. The fourth-order valence-electron chi connectivity index (χ4n) is 4.09. The molecule has 2 aliphatic rings. The van der Waals surface area contributed by atoms with E-state index >= 15 is 0 Å². The van der Waals surface area contributed by atoms with Gasteiger partial charge in [-0.1, -0.05) is 19.1 Å². The van der Waals surface area contributed by atoms with Gasteiger partial charge in [0.2, 0.25) is 0 Å². The standard InChI is InChI=1S/C21H31N3O2/c1-15-9-11-17(12-10-15)23(3)21(26)22-19-16(2)7-6-8-18(19)20(25)24-13-4-5-14-24/h6-8,15,17H,4-5,9-14H2,1-3H3,(H,22,26). The number of nitrogens with one attached hydrogen (secondary N) is 1. The van der Waals surface area contributed by atoms with E-state index in [1.165, 1.54) is 12.8 Å². The highest BCUT2D eigenvalue weighted by Crippen LogP contribution is 2.28. The van der Waals surface area contributed by atoms with Crippen LogP contribution in [0.5, 0.6) is 0 Å². The second-order valence-corrected chi connectivity index (χ2v) is 7.95. The minimum absolute atomic E-state index is 0.0237. The molecule has 0 radical (unpaired) electrons. The SMILES string of the molecule is Cc1cccc(C(=O)N2CCCC2)c1NC(=O)N(C)C1CCC(C)CC1. The number of urea groups is 1. The Labute approximate surface area is 156 Å². The van der Waals surface area contributed by atoms with Gasteiger partial charge < -0.3 is 15.1 Å². The van der Waals surface area contributed by atoms with E-state index in [2.05, 4.69) is 12.2 Å². The summed E-state index contributed by atoms with van der Waals surface area (Å²) in [4.78, 5) is 29.4. The van der Waals surface area contributed by atoms with Crippen molar-refractivity contribution in [1.82, 2.24) is 9.80 Å². The third-order valence-electron chi connectivity index (χ3n) is 5.98. The molecule has 2 fully saturated rings. The largest absolute Gasteiger partial charge is 0.339 e. The molecule has 1 aliphatic heterocycles. The highest BCUT2D eigenvalue weighted by Gasteiger charge is 2.27. The van der Waals surface area contributed by atoms with Gasteiger partial charge in [-0.05, 0) is 63.0 Å². The van der Waals surface area contributed by atoms with Gasteiger partial charge in [-0.25, -0.2) is 4.79 Å². The Bertz CT molecular complexity index is 659. The zero-order valence-electron chi connectivity index (χ0n) is 16.3. The first kappa shape index (κ1) is 18.7. The summed E-state index contributed by atoms with van der Waals surface area (Å²) in [6, 6.07) is 5.83. The van der Waals surface area contributed by atoms with Crippen LogP contribution in [0.2, 0.25) is 0 Å². The number of nitrogens with zero attached hydrogens (tertiary/aromatic N) is 2. The molecule has 0 bridgehead atoms.